The lowest BCUT2D eigenvalue weighted by atomic mass is 10.2. The van der Waals surface area contributed by atoms with Crippen LogP contribution in [-0.2, 0) is 7.05 Å². The van der Waals surface area contributed by atoms with Crippen molar-refractivity contribution in [3.63, 3.8) is 0 Å². The number of hydrogen-bond donors (Lipinski definition) is 2. The van der Waals surface area contributed by atoms with Crippen LogP contribution >= 0.6 is 11.6 Å². The molecule has 6 nitrogen and oxygen atoms in total. The van der Waals surface area contributed by atoms with E-state index in [9.17, 15) is 0 Å². The minimum atomic E-state index is -0.107. The highest BCUT2D eigenvalue weighted by atomic mass is 35.5. The summed E-state index contributed by atoms with van der Waals surface area (Å²) in [5.74, 6) is 0.929. The number of amidine groups is 1. The van der Waals surface area contributed by atoms with Crippen LogP contribution in [0.1, 0.15) is 17.0 Å². The van der Waals surface area contributed by atoms with Crippen molar-refractivity contribution in [2.75, 3.05) is 0 Å². The first kappa shape index (κ1) is 14.2. The van der Waals surface area contributed by atoms with E-state index in [4.69, 9.17) is 27.3 Å². The maximum Gasteiger partial charge on any atom is 0.175 e. The van der Waals surface area contributed by atoms with Gasteiger partial charge >= 0.3 is 0 Å². The van der Waals surface area contributed by atoms with Crippen molar-refractivity contribution in [2.24, 2.45) is 17.9 Å². The zero-order valence-electron chi connectivity index (χ0n) is 11.4. The fourth-order valence-electron chi connectivity index (χ4n) is 1.90. The topological polar surface area (TPSA) is 85.7 Å². The standard InChI is InChI=1S/C13H15ClN4O2/c1-7-12(8(2)18(3)16-7)20-10-6-4-5-9(14)11(10)13(15)17-19/h4-6,19H,1-3H3,(H2,15,17). The maximum absolute atomic E-state index is 8.85. The Morgan fingerprint density at radius 2 is 2.15 bits per heavy atom. The monoisotopic (exact) mass is 294 g/mol. The first-order chi connectivity index (χ1) is 9.45. The first-order valence-electron chi connectivity index (χ1n) is 5.90. The van der Waals surface area contributed by atoms with Gasteiger partial charge in [-0.05, 0) is 26.0 Å². The van der Waals surface area contributed by atoms with Gasteiger partial charge in [0.1, 0.15) is 11.4 Å². The Morgan fingerprint density at radius 1 is 1.45 bits per heavy atom. The highest BCUT2D eigenvalue weighted by Crippen LogP contribution is 2.33. The van der Waals surface area contributed by atoms with Gasteiger partial charge < -0.3 is 15.7 Å². The molecule has 2 rings (SSSR count). The molecule has 20 heavy (non-hydrogen) atoms. The summed E-state index contributed by atoms with van der Waals surface area (Å²) in [5, 5.41) is 16.4. The zero-order valence-corrected chi connectivity index (χ0v) is 12.1. The second kappa shape index (κ2) is 5.42. The van der Waals surface area contributed by atoms with Gasteiger partial charge in [0.05, 0.1) is 16.3 Å². The Bertz CT molecular complexity index is 679. The van der Waals surface area contributed by atoms with Crippen LogP contribution in [-0.4, -0.2) is 20.8 Å². The number of oxime groups is 1. The molecular formula is C13H15ClN4O2. The lowest BCUT2D eigenvalue weighted by Gasteiger charge is -2.11. The number of rotatable bonds is 3. The fraction of sp³-hybridized carbons (Fsp3) is 0.231. The summed E-state index contributed by atoms with van der Waals surface area (Å²) < 4.78 is 7.58. The summed E-state index contributed by atoms with van der Waals surface area (Å²) in [6, 6.07) is 5.07. The second-order valence-corrected chi connectivity index (χ2v) is 4.73. The molecule has 1 aromatic carbocycles. The van der Waals surface area contributed by atoms with Crippen LogP contribution in [0.2, 0.25) is 5.02 Å². The molecule has 2 aromatic rings. The van der Waals surface area contributed by atoms with E-state index in [1.807, 2.05) is 20.9 Å². The molecule has 0 saturated heterocycles. The van der Waals surface area contributed by atoms with Crippen LogP contribution in [0.4, 0.5) is 0 Å². The third-order valence-electron chi connectivity index (χ3n) is 2.99. The average molecular weight is 295 g/mol. The fourth-order valence-corrected chi connectivity index (χ4v) is 2.16. The summed E-state index contributed by atoms with van der Waals surface area (Å²) >= 11 is 6.08. The van der Waals surface area contributed by atoms with Gasteiger partial charge in [-0.1, -0.05) is 22.8 Å². The number of ether oxygens (including phenoxy) is 1. The molecule has 1 heterocycles. The molecule has 0 bridgehead atoms. The Labute approximate surface area is 121 Å². The molecule has 0 fully saturated rings. The molecule has 0 aliphatic carbocycles. The van der Waals surface area contributed by atoms with E-state index in [-0.39, 0.29) is 5.84 Å². The summed E-state index contributed by atoms with van der Waals surface area (Å²) in [7, 11) is 1.83. The largest absolute Gasteiger partial charge is 0.453 e. The van der Waals surface area contributed by atoms with Gasteiger partial charge in [-0.2, -0.15) is 5.10 Å². The van der Waals surface area contributed by atoms with Crippen LogP contribution in [0.3, 0.4) is 0 Å². The first-order valence-corrected chi connectivity index (χ1v) is 6.28. The van der Waals surface area contributed by atoms with Crippen LogP contribution < -0.4 is 10.5 Å². The Hall–Kier alpha value is -2.21. The molecule has 0 saturated carbocycles. The molecule has 0 radical (unpaired) electrons. The molecule has 0 atom stereocenters. The number of benzene rings is 1. The van der Waals surface area contributed by atoms with Crippen molar-refractivity contribution in [3.05, 3.63) is 40.2 Å². The van der Waals surface area contributed by atoms with Crippen molar-refractivity contribution >= 4 is 17.4 Å². The highest BCUT2D eigenvalue weighted by Gasteiger charge is 2.17. The molecule has 0 spiro atoms. The number of aromatic nitrogens is 2. The number of nitrogens with two attached hydrogens (primary N) is 1. The van der Waals surface area contributed by atoms with Crippen LogP contribution in [0.15, 0.2) is 23.4 Å². The minimum Gasteiger partial charge on any atom is -0.453 e. The lowest BCUT2D eigenvalue weighted by molar-refractivity contribution is 0.318. The van der Waals surface area contributed by atoms with E-state index >= 15 is 0 Å². The molecular weight excluding hydrogens is 280 g/mol. The van der Waals surface area contributed by atoms with E-state index in [0.29, 0.717) is 22.1 Å². The SMILES string of the molecule is Cc1nn(C)c(C)c1Oc1cccc(Cl)c1C(N)=NO. The molecule has 1 aromatic heterocycles. The van der Waals surface area contributed by atoms with Gasteiger partial charge in [-0.15, -0.1) is 0 Å². The Kier molecular flexibility index (Phi) is 3.85. The summed E-state index contributed by atoms with van der Waals surface area (Å²) in [6.07, 6.45) is 0. The van der Waals surface area contributed by atoms with Crippen LogP contribution in [0, 0.1) is 13.8 Å². The number of halogens is 1. The van der Waals surface area contributed by atoms with Gasteiger partial charge in [0.2, 0.25) is 0 Å². The average Bonchev–Trinajstić information content (AvgIpc) is 2.65. The zero-order chi connectivity index (χ0) is 14.9. The molecule has 3 N–H and O–H groups in total. The van der Waals surface area contributed by atoms with Crippen molar-refractivity contribution in [2.45, 2.75) is 13.8 Å². The molecule has 106 valence electrons. The predicted octanol–water partition coefficient (Wildman–Crippen LogP) is 2.58. The van der Waals surface area contributed by atoms with Crippen molar-refractivity contribution < 1.29 is 9.94 Å². The molecule has 7 heteroatoms. The van der Waals surface area contributed by atoms with Gasteiger partial charge in [-0.3, -0.25) is 4.68 Å². The third kappa shape index (κ3) is 2.42. The summed E-state index contributed by atoms with van der Waals surface area (Å²) in [5.41, 5.74) is 7.61. The van der Waals surface area contributed by atoms with E-state index in [1.165, 1.54) is 0 Å². The molecule has 0 amide bonds. The molecule has 0 aliphatic rings. The van der Waals surface area contributed by atoms with E-state index in [2.05, 4.69) is 10.3 Å². The molecule has 0 aliphatic heterocycles. The van der Waals surface area contributed by atoms with Gasteiger partial charge in [0, 0.05) is 7.05 Å². The minimum absolute atomic E-state index is 0.107. The summed E-state index contributed by atoms with van der Waals surface area (Å²) in [4.78, 5) is 0. The lowest BCUT2D eigenvalue weighted by Crippen LogP contribution is -2.15. The van der Waals surface area contributed by atoms with Crippen molar-refractivity contribution in [1.82, 2.24) is 9.78 Å². The normalized spacial score (nSPS) is 11.7. The van der Waals surface area contributed by atoms with Gasteiger partial charge in [0.25, 0.3) is 0 Å². The van der Waals surface area contributed by atoms with Crippen molar-refractivity contribution in [3.8, 4) is 11.5 Å². The van der Waals surface area contributed by atoms with Gasteiger partial charge in [-0.25, -0.2) is 0 Å². The predicted molar refractivity (Wildman–Crippen MR) is 76.7 cm³/mol. The number of aryl methyl sites for hydroxylation is 2. The Balaban J connectivity index is 2.52. The Morgan fingerprint density at radius 3 is 2.70 bits per heavy atom. The van der Waals surface area contributed by atoms with Crippen LogP contribution in [0.25, 0.3) is 0 Å². The number of hydrogen-bond acceptors (Lipinski definition) is 4. The highest BCUT2D eigenvalue weighted by molar-refractivity contribution is 6.34. The molecule has 0 unspecified atom stereocenters. The number of nitrogens with zero attached hydrogens (tertiary/aromatic N) is 3. The maximum atomic E-state index is 8.85. The summed E-state index contributed by atoms with van der Waals surface area (Å²) in [6.45, 7) is 3.74. The van der Waals surface area contributed by atoms with Crippen molar-refractivity contribution in [1.29, 1.82) is 0 Å². The van der Waals surface area contributed by atoms with E-state index in [0.717, 1.165) is 11.4 Å². The van der Waals surface area contributed by atoms with Gasteiger partial charge in [0.15, 0.2) is 11.6 Å². The quantitative estimate of drug-likeness (QED) is 0.394. The van der Waals surface area contributed by atoms with E-state index < -0.39 is 0 Å². The van der Waals surface area contributed by atoms with E-state index in [1.54, 1.807) is 22.9 Å². The second-order valence-electron chi connectivity index (χ2n) is 4.32. The third-order valence-corrected chi connectivity index (χ3v) is 3.31. The smallest absolute Gasteiger partial charge is 0.175 e. The van der Waals surface area contributed by atoms with Crippen LogP contribution in [0.5, 0.6) is 11.5 Å².